The number of hydrogen-bond donors (Lipinski definition) is 1. The molecule has 90 valence electrons. The molecule has 2 saturated carbocycles. The van der Waals surface area contributed by atoms with Crippen LogP contribution in [0.1, 0.15) is 51.4 Å². The molecule has 2 fully saturated rings. The monoisotopic (exact) mass is 221 g/mol. The molecule has 3 aliphatic rings. The Balaban J connectivity index is 1.75. The van der Waals surface area contributed by atoms with Crippen molar-refractivity contribution in [1.82, 2.24) is 4.90 Å². The summed E-state index contributed by atoms with van der Waals surface area (Å²) >= 11 is 0. The molecule has 0 aromatic rings. The Labute approximate surface area is 98.1 Å². The van der Waals surface area contributed by atoms with E-state index in [0.29, 0.717) is 5.54 Å². The Hall–Kier alpha value is -0.730. The van der Waals surface area contributed by atoms with E-state index in [4.69, 9.17) is 5.73 Å². The largest absolute Gasteiger partial charge is 0.370 e. The standard InChI is InChI=1S/C13H23N3/c14-12-15-10-13(7-3-1-2-4-8-13)16(12)9-11-5-6-11/h11H,1-10H2,(H2,14,15). The number of rotatable bonds is 2. The zero-order chi connectivity index (χ0) is 11.0. The van der Waals surface area contributed by atoms with Crippen molar-refractivity contribution >= 4 is 5.96 Å². The van der Waals surface area contributed by atoms with Gasteiger partial charge in [0.15, 0.2) is 5.96 Å². The molecule has 0 aromatic heterocycles. The molecular weight excluding hydrogens is 198 g/mol. The summed E-state index contributed by atoms with van der Waals surface area (Å²) in [6.07, 6.45) is 11.0. The molecular formula is C13H23N3. The highest BCUT2D eigenvalue weighted by atomic mass is 15.4. The minimum Gasteiger partial charge on any atom is -0.370 e. The van der Waals surface area contributed by atoms with E-state index in [1.807, 2.05) is 0 Å². The maximum absolute atomic E-state index is 6.09. The third-order valence-electron chi connectivity index (χ3n) is 4.56. The molecule has 1 heterocycles. The molecule has 3 nitrogen and oxygen atoms in total. The summed E-state index contributed by atoms with van der Waals surface area (Å²) in [5, 5.41) is 0. The maximum atomic E-state index is 6.09. The number of guanidine groups is 1. The van der Waals surface area contributed by atoms with Gasteiger partial charge in [-0.1, -0.05) is 25.7 Å². The normalized spacial score (nSPS) is 29.2. The van der Waals surface area contributed by atoms with Crippen LogP contribution in [0.2, 0.25) is 0 Å². The topological polar surface area (TPSA) is 41.6 Å². The zero-order valence-electron chi connectivity index (χ0n) is 10.1. The molecule has 1 aliphatic heterocycles. The van der Waals surface area contributed by atoms with E-state index < -0.39 is 0 Å². The maximum Gasteiger partial charge on any atom is 0.191 e. The first-order chi connectivity index (χ1) is 7.80. The van der Waals surface area contributed by atoms with Crippen molar-refractivity contribution in [2.24, 2.45) is 16.6 Å². The van der Waals surface area contributed by atoms with Gasteiger partial charge in [-0.3, -0.25) is 4.99 Å². The molecule has 0 saturated heterocycles. The van der Waals surface area contributed by atoms with Crippen molar-refractivity contribution in [3.8, 4) is 0 Å². The lowest BCUT2D eigenvalue weighted by Gasteiger charge is -2.39. The lowest BCUT2D eigenvalue weighted by atomic mass is 9.89. The minimum absolute atomic E-state index is 0.323. The van der Waals surface area contributed by atoms with E-state index in [9.17, 15) is 0 Å². The van der Waals surface area contributed by atoms with E-state index in [0.717, 1.165) is 18.4 Å². The summed E-state index contributed by atoms with van der Waals surface area (Å²) in [5.41, 5.74) is 6.41. The SMILES string of the molecule is NC1=NCC2(CCCCCC2)N1CC1CC1. The van der Waals surface area contributed by atoms with Crippen LogP contribution in [0.5, 0.6) is 0 Å². The predicted octanol–water partition coefficient (Wildman–Crippen LogP) is 2.12. The van der Waals surface area contributed by atoms with Crippen molar-refractivity contribution in [3.05, 3.63) is 0 Å². The second-order valence-corrected chi connectivity index (χ2v) is 5.87. The molecule has 0 unspecified atom stereocenters. The van der Waals surface area contributed by atoms with Crippen LogP contribution in [0.4, 0.5) is 0 Å². The minimum atomic E-state index is 0.323. The Kier molecular flexibility index (Phi) is 2.56. The van der Waals surface area contributed by atoms with Crippen LogP contribution in [0.25, 0.3) is 0 Å². The molecule has 3 heteroatoms. The van der Waals surface area contributed by atoms with Gasteiger partial charge in [-0.25, -0.2) is 0 Å². The van der Waals surface area contributed by atoms with Gasteiger partial charge in [0.1, 0.15) is 0 Å². The molecule has 3 rings (SSSR count). The van der Waals surface area contributed by atoms with E-state index in [1.165, 1.54) is 57.9 Å². The van der Waals surface area contributed by atoms with E-state index in [-0.39, 0.29) is 0 Å². The molecule has 0 bridgehead atoms. The zero-order valence-corrected chi connectivity index (χ0v) is 10.1. The second-order valence-electron chi connectivity index (χ2n) is 5.87. The lowest BCUT2D eigenvalue weighted by molar-refractivity contribution is 0.169. The smallest absolute Gasteiger partial charge is 0.191 e. The van der Waals surface area contributed by atoms with Gasteiger partial charge in [-0.15, -0.1) is 0 Å². The van der Waals surface area contributed by atoms with Gasteiger partial charge in [0.2, 0.25) is 0 Å². The van der Waals surface area contributed by atoms with E-state index in [1.54, 1.807) is 0 Å². The fourth-order valence-corrected chi connectivity index (χ4v) is 3.30. The van der Waals surface area contributed by atoms with E-state index >= 15 is 0 Å². The number of aliphatic imine (C=N–C) groups is 1. The Bertz CT molecular complexity index is 286. The molecule has 0 amide bonds. The summed E-state index contributed by atoms with van der Waals surface area (Å²) in [6, 6.07) is 0. The fraction of sp³-hybridized carbons (Fsp3) is 0.923. The molecule has 0 radical (unpaired) electrons. The molecule has 2 aliphatic carbocycles. The van der Waals surface area contributed by atoms with Crippen molar-refractivity contribution in [2.75, 3.05) is 13.1 Å². The molecule has 2 N–H and O–H groups in total. The van der Waals surface area contributed by atoms with Gasteiger partial charge in [-0.2, -0.15) is 0 Å². The van der Waals surface area contributed by atoms with Gasteiger partial charge in [-0.05, 0) is 31.6 Å². The highest BCUT2D eigenvalue weighted by Crippen LogP contribution is 2.39. The highest BCUT2D eigenvalue weighted by Gasteiger charge is 2.43. The third-order valence-corrected chi connectivity index (χ3v) is 4.56. The van der Waals surface area contributed by atoms with Crippen molar-refractivity contribution in [1.29, 1.82) is 0 Å². The Morgan fingerprint density at radius 2 is 1.88 bits per heavy atom. The molecule has 0 aromatic carbocycles. The first kappa shape index (κ1) is 10.4. The van der Waals surface area contributed by atoms with Crippen LogP contribution in [-0.2, 0) is 0 Å². The van der Waals surface area contributed by atoms with Gasteiger partial charge in [0, 0.05) is 6.54 Å². The second kappa shape index (κ2) is 3.94. The summed E-state index contributed by atoms with van der Waals surface area (Å²) < 4.78 is 0. The molecule has 1 spiro atoms. The third kappa shape index (κ3) is 1.80. The number of nitrogens with zero attached hydrogens (tertiary/aromatic N) is 2. The first-order valence-corrected chi connectivity index (χ1v) is 6.88. The molecule has 0 atom stereocenters. The first-order valence-electron chi connectivity index (χ1n) is 6.88. The Morgan fingerprint density at radius 3 is 2.50 bits per heavy atom. The van der Waals surface area contributed by atoms with Crippen LogP contribution in [0, 0.1) is 5.92 Å². The van der Waals surface area contributed by atoms with Crippen LogP contribution in [0.15, 0.2) is 4.99 Å². The van der Waals surface area contributed by atoms with Crippen molar-refractivity contribution in [3.63, 3.8) is 0 Å². The van der Waals surface area contributed by atoms with Crippen LogP contribution < -0.4 is 5.73 Å². The van der Waals surface area contributed by atoms with Crippen LogP contribution >= 0.6 is 0 Å². The van der Waals surface area contributed by atoms with Crippen LogP contribution in [-0.4, -0.2) is 29.5 Å². The molecule has 16 heavy (non-hydrogen) atoms. The average Bonchev–Trinajstić information content (AvgIpc) is 3.06. The fourth-order valence-electron chi connectivity index (χ4n) is 3.30. The van der Waals surface area contributed by atoms with Gasteiger partial charge in [0.05, 0.1) is 12.1 Å². The summed E-state index contributed by atoms with van der Waals surface area (Å²) in [5.74, 6) is 1.74. The van der Waals surface area contributed by atoms with Gasteiger partial charge >= 0.3 is 0 Å². The predicted molar refractivity (Wildman–Crippen MR) is 66.4 cm³/mol. The van der Waals surface area contributed by atoms with Crippen molar-refractivity contribution in [2.45, 2.75) is 56.9 Å². The number of nitrogens with two attached hydrogens (primary N) is 1. The summed E-state index contributed by atoms with van der Waals surface area (Å²) in [6.45, 7) is 2.14. The average molecular weight is 221 g/mol. The van der Waals surface area contributed by atoms with Gasteiger partial charge < -0.3 is 10.6 Å². The Morgan fingerprint density at radius 1 is 1.19 bits per heavy atom. The highest BCUT2D eigenvalue weighted by molar-refractivity contribution is 5.81. The summed E-state index contributed by atoms with van der Waals surface area (Å²) in [4.78, 5) is 7.01. The van der Waals surface area contributed by atoms with Gasteiger partial charge in [0.25, 0.3) is 0 Å². The number of hydrogen-bond acceptors (Lipinski definition) is 3. The lowest BCUT2D eigenvalue weighted by Crippen LogP contribution is -2.52. The quantitative estimate of drug-likeness (QED) is 0.776. The van der Waals surface area contributed by atoms with E-state index in [2.05, 4.69) is 9.89 Å². The van der Waals surface area contributed by atoms with Crippen LogP contribution in [0.3, 0.4) is 0 Å². The van der Waals surface area contributed by atoms with Crippen molar-refractivity contribution < 1.29 is 0 Å². The summed E-state index contributed by atoms with van der Waals surface area (Å²) in [7, 11) is 0.